The lowest BCUT2D eigenvalue weighted by Gasteiger charge is -2.51. The molecular formula is C31H31N5O3. The summed E-state index contributed by atoms with van der Waals surface area (Å²) in [5, 5.41) is 3.20. The molecule has 3 saturated carbocycles. The van der Waals surface area contributed by atoms with Gasteiger partial charge in [0.15, 0.2) is 11.5 Å². The number of imidazole rings is 1. The maximum Gasteiger partial charge on any atom is 0.231 e. The minimum absolute atomic E-state index is 0.0692. The Balaban J connectivity index is 1.18. The van der Waals surface area contributed by atoms with Crippen LogP contribution in [0.25, 0.3) is 22.6 Å². The van der Waals surface area contributed by atoms with Crippen LogP contribution in [0.15, 0.2) is 60.9 Å². The molecule has 1 aromatic carbocycles. The number of H-pyrrole nitrogens is 1. The number of hydrogen-bond acceptors (Lipinski definition) is 6. The van der Waals surface area contributed by atoms with Gasteiger partial charge in [-0.1, -0.05) is 6.07 Å². The fourth-order valence-electron chi connectivity index (χ4n) is 6.50. The van der Waals surface area contributed by atoms with Gasteiger partial charge in [0.1, 0.15) is 5.82 Å². The fraction of sp³-hybridized carbons (Fsp3) is 0.355. The Morgan fingerprint density at radius 3 is 2.49 bits per heavy atom. The van der Waals surface area contributed by atoms with E-state index in [2.05, 4.69) is 15.3 Å². The van der Waals surface area contributed by atoms with Gasteiger partial charge in [0.05, 0.1) is 17.1 Å². The van der Waals surface area contributed by atoms with Gasteiger partial charge < -0.3 is 19.8 Å². The van der Waals surface area contributed by atoms with Crippen molar-refractivity contribution in [2.75, 3.05) is 6.79 Å². The zero-order chi connectivity index (χ0) is 26.5. The molecule has 4 aromatic rings. The summed E-state index contributed by atoms with van der Waals surface area (Å²) in [5.41, 5.74) is 5.29. The van der Waals surface area contributed by atoms with Crippen LogP contribution in [0.1, 0.15) is 55.6 Å². The summed E-state index contributed by atoms with van der Waals surface area (Å²) in [5.74, 6) is 2.66. The second kappa shape index (κ2) is 9.22. The van der Waals surface area contributed by atoms with Crippen LogP contribution in [0.5, 0.6) is 11.5 Å². The van der Waals surface area contributed by atoms with Crippen molar-refractivity contribution in [3.8, 4) is 34.1 Å². The number of hydrogen-bond donors (Lipinski definition) is 2. The minimum atomic E-state index is -0.289. The number of carbonyl (C=O) groups excluding carboxylic acids is 1. The zero-order valence-electron chi connectivity index (χ0n) is 22.0. The standard InChI is InChI=1S/C31H31N5O3/c1-20-3-2-4-23(34-20)27-26(22-5-6-24-25(17-22)39-19-38-24)35-28(36-27)30-9-12-31(13-10-30,14-11-30)29(37)33-18-21-7-15-32-16-8-21/h2-8,15-17H,9-14,18-19H2,1H3,(H,33,37)(H,35,36). The quantitative estimate of drug-likeness (QED) is 0.348. The van der Waals surface area contributed by atoms with Crippen molar-refractivity contribution >= 4 is 5.91 Å². The summed E-state index contributed by atoms with van der Waals surface area (Å²) >= 11 is 0. The molecule has 39 heavy (non-hydrogen) atoms. The highest BCUT2D eigenvalue weighted by Crippen LogP contribution is 2.58. The maximum atomic E-state index is 13.4. The molecule has 0 unspecified atom stereocenters. The third-order valence-electron chi connectivity index (χ3n) is 8.93. The molecule has 0 spiro atoms. The van der Waals surface area contributed by atoms with Gasteiger partial charge in [0.2, 0.25) is 12.7 Å². The van der Waals surface area contributed by atoms with Crippen LogP contribution in [0.4, 0.5) is 0 Å². The molecule has 2 N–H and O–H groups in total. The molecule has 8 nitrogen and oxygen atoms in total. The first-order valence-electron chi connectivity index (χ1n) is 13.7. The molecule has 3 fully saturated rings. The van der Waals surface area contributed by atoms with Crippen LogP contribution < -0.4 is 14.8 Å². The molecule has 1 amide bonds. The van der Waals surface area contributed by atoms with E-state index in [9.17, 15) is 4.79 Å². The predicted octanol–water partition coefficient (Wildman–Crippen LogP) is 5.48. The molecule has 8 heteroatoms. The lowest BCUT2D eigenvalue weighted by molar-refractivity contribution is -0.138. The van der Waals surface area contributed by atoms with E-state index in [0.29, 0.717) is 6.54 Å². The number of aryl methyl sites for hydroxylation is 1. The van der Waals surface area contributed by atoms with Crippen molar-refractivity contribution in [2.24, 2.45) is 5.41 Å². The highest BCUT2D eigenvalue weighted by Gasteiger charge is 2.54. The number of amides is 1. The van der Waals surface area contributed by atoms with E-state index < -0.39 is 0 Å². The van der Waals surface area contributed by atoms with Crippen LogP contribution in [-0.4, -0.2) is 32.6 Å². The molecule has 4 aliphatic rings. The maximum absolute atomic E-state index is 13.4. The molecule has 0 radical (unpaired) electrons. The number of rotatable bonds is 6. The zero-order valence-corrected chi connectivity index (χ0v) is 22.0. The smallest absolute Gasteiger partial charge is 0.231 e. The van der Waals surface area contributed by atoms with Gasteiger partial charge in [-0.25, -0.2) is 4.98 Å². The molecule has 3 aromatic heterocycles. The summed E-state index contributed by atoms with van der Waals surface area (Å²) in [4.78, 5) is 31.2. The van der Waals surface area contributed by atoms with Crippen molar-refractivity contribution in [3.63, 3.8) is 0 Å². The lowest BCUT2D eigenvalue weighted by atomic mass is 9.53. The number of nitrogens with one attached hydrogen (secondary N) is 2. The third kappa shape index (κ3) is 4.15. The molecular weight excluding hydrogens is 490 g/mol. The fourth-order valence-corrected chi connectivity index (χ4v) is 6.50. The first-order chi connectivity index (χ1) is 19.0. The SMILES string of the molecule is Cc1cccc(-c2[nH]c(C34CCC(C(=O)NCc5ccncc5)(CC3)CC4)nc2-c2ccc3c(c2)OCO3)n1. The van der Waals surface area contributed by atoms with Gasteiger partial charge >= 0.3 is 0 Å². The van der Waals surface area contributed by atoms with Gasteiger partial charge in [0, 0.05) is 41.0 Å². The Hall–Kier alpha value is -4.20. The van der Waals surface area contributed by atoms with E-state index in [1.165, 1.54) is 0 Å². The Bertz CT molecular complexity index is 1520. The van der Waals surface area contributed by atoms with Gasteiger partial charge in [0.25, 0.3) is 0 Å². The molecule has 4 heterocycles. The van der Waals surface area contributed by atoms with Crippen LogP contribution in [-0.2, 0) is 16.8 Å². The molecule has 1 aliphatic heterocycles. The number of ether oxygens (including phenoxy) is 2. The van der Waals surface area contributed by atoms with Crippen LogP contribution in [0, 0.1) is 12.3 Å². The molecule has 3 aliphatic carbocycles. The number of nitrogens with zero attached hydrogens (tertiary/aromatic N) is 3. The van der Waals surface area contributed by atoms with Crippen molar-refractivity contribution in [1.82, 2.24) is 25.3 Å². The summed E-state index contributed by atoms with van der Waals surface area (Å²) < 4.78 is 11.2. The average Bonchev–Trinajstić information content (AvgIpc) is 3.65. The molecule has 2 bridgehead atoms. The minimum Gasteiger partial charge on any atom is -0.454 e. The van der Waals surface area contributed by atoms with Crippen molar-refractivity contribution in [1.29, 1.82) is 0 Å². The number of aromatic nitrogens is 4. The molecule has 198 valence electrons. The Morgan fingerprint density at radius 2 is 1.72 bits per heavy atom. The largest absolute Gasteiger partial charge is 0.454 e. The van der Waals surface area contributed by atoms with Gasteiger partial charge in [-0.05, 0) is 93.5 Å². The average molecular weight is 522 g/mol. The summed E-state index contributed by atoms with van der Waals surface area (Å²) in [6.45, 7) is 2.78. The van der Waals surface area contributed by atoms with Gasteiger partial charge in [-0.3, -0.25) is 14.8 Å². The summed E-state index contributed by atoms with van der Waals surface area (Å²) in [6, 6.07) is 15.9. The molecule has 8 rings (SSSR count). The first-order valence-corrected chi connectivity index (χ1v) is 13.7. The van der Waals surface area contributed by atoms with Gasteiger partial charge in [-0.2, -0.15) is 0 Å². The predicted molar refractivity (Wildman–Crippen MR) is 146 cm³/mol. The number of pyridine rings is 2. The number of carbonyl (C=O) groups is 1. The van der Waals surface area contributed by atoms with E-state index in [-0.39, 0.29) is 23.5 Å². The normalized spacial score (nSPS) is 23.1. The third-order valence-corrected chi connectivity index (χ3v) is 8.93. The van der Waals surface area contributed by atoms with E-state index >= 15 is 0 Å². The molecule has 0 saturated heterocycles. The lowest BCUT2D eigenvalue weighted by Crippen LogP contribution is -2.51. The number of benzene rings is 1. The second-order valence-corrected chi connectivity index (χ2v) is 11.1. The van der Waals surface area contributed by atoms with E-state index in [1.54, 1.807) is 12.4 Å². The first kappa shape index (κ1) is 23.9. The van der Waals surface area contributed by atoms with E-state index in [1.807, 2.05) is 55.5 Å². The number of fused-ring (bicyclic) bond motifs is 4. The number of aromatic amines is 1. The van der Waals surface area contributed by atoms with E-state index in [0.717, 1.165) is 89.8 Å². The topological polar surface area (TPSA) is 102 Å². The summed E-state index contributed by atoms with van der Waals surface area (Å²) in [7, 11) is 0. The van der Waals surface area contributed by atoms with Gasteiger partial charge in [-0.15, -0.1) is 0 Å². The Labute approximate surface area is 227 Å². The Kier molecular flexibility index (Phi) is 5.65. The Morgan fingerprint density at radius 1 is 0.949 bits per heavy atom. The van der Waals surface area contributed by atoms with Crippen molar-refractivity contribution in [3.05, 3.63) is 78.0 Å². The highest BCUT2D eigenvalue weighted by atomic mass is 16.7. The van der Waals surface area contributed by atoms with Crippen LogP contribution in [0.3, 0.4) is 0 Å². The van der Waals surface area contributed by atoms with Crippen LogP contribution in [0.2, 0.25) is 0 Å². The van der Waals surface area contributed by atoms with Crippen molar-refractivity contribution in [2.45, 2.75) is 57.4 Å². The van der Waals surface area contributed by atoms with Crippen molar-refractivity contribution < 1.29 is 14.3 Å². The van der Waals surface area contributed by atoms with E-state index in [4.69, 9.17) is 19.4 Å². The second-order valence-electron chi connectivity index (χ2n) is 11.1. The highest BCUT2D eigenvalue weighted by molar-refractivity contribution is 5.83. The molecule has 0 atom stereocenters. The van der Waals surface area contributed by atoms with Crippen LogP contribution >= 0.6 is 0 Å². The summed E-state index contributed by atoms with van der Waals surface area (Å²) in [6.07, 6.45) is 8.93. The monoisotopic (exact) mass is 521 g/mol.